The van der Waals surface area contributed by atoms with Crippen molar-refractivity contribution in [1.29, 1.82) is 5.26 Å². The van der Waals surface area contributed by atoms with Crippen LogP contribution in [0.1, 0.15) is 0 Å². The zero-order valence-electron chi connectivity index (χ0n) is 4.68. The van der Waals surface area contributed by atoms with Gasteiger partial charge in [-0.15, -0.1) is 0 Å². The van der Waals surface area contributed by atoms with Crippen LogP contribution in [-0.2, 0) is 27.7 Å². The minimum Gasteiger partial charge on any atom is -0.369 e. The first-order chi connectivity index (χ1) is 3.31. The molecule has 0 heterocycles. The molecule has 4 nitrogen and oxygen atoms in total. The zero-order chi connectivity index (χ0) is 5.70. The minimum atomic E-state index is 0. The van der Waals surface area contributed by atoms with E-state index in [9.17, 15) is 0 Å². The van der Waals surface area contributed by atoms with Crippen LogP contribution in [-0.4, -0.2) is 13.0 Å². The first-order valence-electron chi connectivity index (χ1n) is 1.68. The number of nitrogens with zero attached hydrogens (tertiary/aromatic N) is 2. The summed E-state index contributed by atoms with van der Waals surface area (Å²) in [6.45, 7) is 0. The number of nitrogens with one attached hydrogen (secondary N) is 1. The molecule has 3 N–H and O–H groups in total. The quantitative estimate of drug-likeness (QED) is 0.198. The van der Waals surface area contributed by atoms with Crippen molar-refractivity contribution in [2.45, 2.75) is 0 Å². The first kappa shape index (κ1) is 10.6. The van der Waals surface area contributed by atoms with Crippen LogP contribution in [0, 0.1) is 11.5 Å². The van der Waals surface area contributed by atoms with Gasteiger partial charge in [0.1, 0.15) is 0 Å². The smallest absolute Gasteiger partial charge is 0.201 e. The van der Waals surface area contributed by atoms with E-state index in [2.05, 4.69) is 10.3 Å². The zero-order valence-corrected chi connectivity index (χ0v) is 10.2. The normalized spacial score (nSPS) is 8.75. The van der Waals surface area contributed by atoms with Gasteiger partial charge in [0.15, 0.2) is 6.19 Å². The summed E-state index contributed by atoms with van der Waals surface area (Å²) in [5.74, 6) is 0.141. The van der Waals surface area contributed by atoms with Crippen LogP contribution >= 0.6 is 0 Å². The van der Waals surface area contributed by atoms with Crippen molar-refractivity contribution >= 4 is 5.96 Å². The van der Waals surface area contributed by atoms with E-state index < -0.39 is 0 Å². The van der Waals surface area contributed by atoms with Gasteiger partial charge in [-0.1, -0.05) is 0 Å². The number of guanidine groups is 1. The van der Waals surface area contributed by atoms with E-state index >= 15 is 0 Å². The Labute approximate surface area is 68.3 Å². The van der Waals surface area contributed by atoms with Gasteiger partial charge in [0.2, 0.25) is 5.96 Å². The minimum absolute atomic E-state index is 0. The van der Waals surface area contributed by atoms with Gasteiger partial charge in [-0.2, -0.15) is 5.26 Å². The molecule has 0 atom stereocenters. The fourth-order valence-corrected chi connectivity index (χ4v) is 0.113. The molecular formula is C3H6HgN4. The predicted octanol–water partition coefficient (Wildman–Crippen LogP) is -1.00. The van der Waals surface area contributed by atoms with Gasteiger partial charge in [-0.25, -0.2) is 0 Å². The number of rotatable bonds is 0. The molecule has 0 aromatic heterocycles. The van der Waals surface area contributed by atoms with E-state index in [0.29, 0.717) is 0 Å². The number of nitriles is 1. The molecule has 0 aromatic carbocycles. The van der Waals surface area contributed by atoms with Crippen LogP contribution in [0.25, 0.3) is 0 Å². The van der Waals surface area contributed by atoms with Crippen LogP contribution in [0.5, 0.6) is 0 Å². The molecule has 0 aliphatic rings. The molecule has 0 radical (unpaired) electrons. The number of aliphatic imine (C=N–C) groups is 1. The Morgan fingerprint density at radius 2 is 2.38 bits per heavy atom. The van der Waals surface area contributed by atoms with E-state index in [1.54, 1.807) is 6.19 Å². The molecule has 0 bridgehead atoms. The second-order valence-electron chi connectivity index (χ2n) is 0.846. The Hall–Kier alpha value is -0.305. The molecule has 0 unspecified atom stereocenters. The van der Waals surface area contributed by atoms with Crippen LogP contribution in [0.2, 0.25) is 0 Å². The average Bonchev–Trinajstić information content (AvgIpc) is 1.68. The standard InChI is InChI=1S/C3H6N4.Hg/c1-6-3(5)7-2-4;/h1H3,(H3,5,6,7);. The van der Waals surface area contributed by atoms with Crippen molar-refractivity contribution in [2.75, 3.05) is 7.05 Å². The largest absolute Gasteiger partial charge is 0.369 e. The van der Waals surface area contributed by atoms with E-state index in [-0.39, 0.29) is 33.6 Å². The SMILES string of the molecule is CN=C(N)NC#N.[Hg]. The molecule has 40 valence electrons. The Kier molecular flexibility index (Phi) is 8.90. The average molecular weight is 299 g/mol. The van der Waals surface area contributed by atoms with Crippen molar-refractivity contribution in [1.82, 2.24) is 5.32 Å². The van der Waals surface area contributed by atoms with Crippen LogP contribution in [0.15, 0.2) is 4.99 Å². The van der Waals surface area contributed by atoms with E-state index in [1.807, 2.05) is 0 Å². The monoisotopic (exact) mass is 300 g/mol. The Morgan fingerprint density at radius 3 is 2.50 bits per heavy atom. The molecular weight excluding hydrogens is 293 g/mol. The maximum Gasteiger partial charge on any atom is 0.201 e. The Balaban J connectivity index is 0. The van der Waals surface area contributed by atoms with Gasteiger partial charge >= 0.3 is 0 Å². The molecule has 0 spiro atoms. The summed E-state index contributed by atoms with van der Waals surface area (Å²) in [5.41, 5.74) is 5.00. The predicted molar refractivity (Wildman–Crippen MR) is 26.3 cm³/mol. The molecule has 0 aliphatic heterocycles. The van der Waals surface area contributed by atoms with Crippen LogP contribution in [0.4, 0.5) is 0 Å². The van der Waals surface area contributed by atoms with Crippen molar-refractivity contribution in [3.63, 3.8) is 0 Å². The van der Waals surface area contributed by atoms with Gasteiger partial charge in [-0.3, -0.25) is 10.3 Å². The molecule has 0 fully saturated rings. The topological polar surface area (TPSA) is 74.2 Å². The maximum absolute atomic E-state index is 7.85. The third-order valence-corrected chi connectivity index (χ3v) is 0.425. The third kappa shape index (κ3) is 5.70. The molecule has 0 saturated carbocycles. The summed E-state index contributed by atoms with van der Waals surface area (Å²) in [6, 6.07) is 0. The Morgan fingerprint density at radius 1 is 1.88 bits per heavy atom. The van der Waals surface area contributed by atoms with E-state index in [4.69, 9.17) is 11.0 Å². The summed E-state index contributed by atoms with van der Waals surface area (Å²) < 4.78 is 0. The van der Waals surface area contributed by atoms with Crippen molar-refractivity contribution in [3.05, 3.63) is 0 Å². The second-order valence-corrected chi connectivity index (χ2v) is 0.846. The Bertz CT molecular complexity index is 113. The third-order valence-electron chi connectivity index (χ3n) is 0.425. The van der Waals surface area contributed by atoms with Gasteiger partial charge < -0.3 is 5.73 Å². The molecule has 8 heavy (non-hydrogen) atoms. The molecule has 0 aromatic rings. The summed E-state index contributed by atoms with van der Waals surface area (Å²) in [4.78, 5) is 3.44. The molecule has 0 rings (SSSR count). The molecule has 0 aliphatic carbocycles. The van der Waals surface area contributed by atoms with Crippen molar-refractivity contribution in [2.24, 2.45) is 10.7 Å². The van der Waals surface area contributed by atoms with Crippen LogP contribution < -0.4 is 11.1 Å². The molecule has 0 amide bonds. The molecule has 5 heteroatoms. The fourth-order valence-electron chi connectivity index (χ4n) is 0.113. The van der Waals surface area contributed by atoms with Crippen molar-refractivity contribution < 1.29 is 27.7 Å². The van der Waals surface area contributed by atoms with Crippen molar-refractivity contribution in [3.8, 4) is 6.19 Å². The maximum atomic E-state index is 7.85. The summed E-state index contributed by atoms with van der Waals surface area (Å²) in [7, 11) is 1.50. The van der Waals surface area contributed by atoms with Gasteiger partial charge in [0, 0.05) is 34.7 Å². The number of hydrogen-bond donors (Lipinski definition) is 2. The summed E-state index contributed by atoms with van der Waals surface area (Å²) >= 11 is 0. The van der Waals surface area contributed by atoms with Crippen LogP contribution in [0.3, 0.4) is 0 Å². The van der Waals surface area contributed by atoms with E-state index in [0.717, 1.165) is 0 Å². The second kappa shape index (κ2) is 6.70. The summed E-state index contributed by atoms with van der Waals surface area (Å²) in [5, 5.41) is 9.97. The van der Waals surface area contributed by atoms with Gasteiger partial charge in [0.05, 0.1) is 0 Å². The van der Waals surface area contributed by atoms with Gasteiger partial charge in [-0.05, 0) is 0 Å². The van der Waals surface area contributed by atoms with E-state index in [1.165, 1.54) is 7.05 Å². The fraction of sp³-hybridized carbons (Fsp3) is 0.333. The summed E-state index contributed by atoms with van der Waals surface area (Å²) in [6.07, 6.45) is 1.61. The number of hydrogen-bond acceptors (Lipinski definition) is 2. The molecule has 0 saturated heterocycles. The number of nitrogens with two attached hydrogens (primary N) is 1. The first-order valence-corrected chi connectivity index (χ1v) is 1.68. The van der Waals surface area contributed by atoms with Gasteiger partial charge in [0.25, 0.3) is 0 Å².